The van der Waals surface area contributed by atoms with Crippen molar-refractivity contribution in [2.75, 3.05) is 25.5 Å². The van der Waals surface area contributed by atoms with Gasteiger partial charge in [0.1, 0.15) is 6.04 Å². The molecule has 0 radical (unpaired) electrons. The Bertz CT molecular complexity index is 1180. The number of likely N-dealkylation sites (tertiary alicyclic amines) is 1. The van der Waals surface area contributed by atoms with Crippen LogP contribution in [0.5, 0.6) is 0 Å². The summed E-state index contributed by atoms with van der Waals surface area (Å²) in [6.45, 7) is 1.23. The number of imide groups is 2. The van der Waals surface area contributed by atoms with Gasteiger partial charge in [-0.25, -0.2) is 0 Å². The van der Waals surface area contributed by atoms with Crippen LogP contribution in [0.1, 0.15) is 69.6 Å². The third-order valence-electron chi connectivity index (χ3n) is 6.62. The first-order valence-electron chi connectivity index (χ1n) is 12.3. The molecule has 0 bridgehead atoms. The lowest BCUT2D eigenvalue weighted by molar-refractivity contribution is -0.149. The normalized spacial score (nSPS) is 17.4. The van der Waals surface area contributed by atoms with Gasteiger partial charge in [-0.15, -0.1) is 0 Å². The van der Waals surface area contributed by atoms with Gasteiger partial charge in [-0.2, -0.15) is 0 Å². The maximum atomic E-state index is 13.2. The number of hydrogen-bond acceptors (Lipinski definition) is 6. The summed E-state index contributed by atoms with van der Waals surface area (Å²) in [4.78, 5) is 64.6. The summed E-state index contributed by atoms with van der Waals surface area (Å²) in [6.07, 6.45) is 3.87. The minimum absolute atomic E-state index is 0.0726. The van der Waals surface area contributed by atoms with Crippen LogP contribution < -0.4 is 10.6 Å². The van der Waals surface area contributed by atoms with Gasteiger partial charge in [-0.3, -0.25) is 33.8 Å². The Morgan fingerprint density at radius 1 is 0.889 bits per heavy atom. The van der Waals surface area contributed by atoms with E-state index in [9.17, 15) is 24.0 Å². The number of carbonyl (C=O) groups excluding carboxylic acids is 5. The second-order valence-electron chi connectivity index (χ2n) is 9.02. The van der Waals surface area contributed by atoms with E-state index in [1.165, 1.54) is 7.05 Å². The van der Waals surface area contributed by atoms with Crippen LogP contribution >= 0.6 is 0 Å². The molecule has 2 N–H and O–H groups in total. The number of amides is 5. The van der Waals surface area contributed by atoms with Gasteiger partial charge in [-0.1, -0.05) is 37.1 Å². The van der Waals surface area contributed by atoms with E-state index in [0.29, 0.717) is 24.3 Å². The van der Waals surface area contributed by atoms with Crippen LogP contribution in [0.15, 0.2) is 48.5 Å². The van der Waals surface area contributed by atoms with Gasteiger partial charge in [0.25, 0.3) is 23.6 Å². The first-order valence-corrected chi connectivity index (χ1v) is 12.3. The van der Waals surface area contributed by atoms with Crippen molar-refractivity contribution in [3.8, 4) is 0 Å². The smallest absolute Gasteiger partial charge is 0.264 e. The maximum Gasteiger partial charge on any atom is 0.264 e. The molecule has 1 unspecified atom stereocenters. The predicted octanol–water partition coefficient (Wildman–Crippen LogP) is 2.83. The zero-order valence-corrected chi connectivity index (χ0v) is 20.3. The summed E-state index contributed by atoms with van der Waals surface area (Å²) in [6, 6.07) is 13.2. The molecule has 2 aromatic carbocycles. The summed E-state index contributed by atoms with van der Waals surface area (Å²) < 4.78 is 0. The van der Waals surface area contributed by atoms with Gasteiger partial charge in [0.2, 0.25) is 5.91 Å². The molecule has 2 aliphatic rings. The fraction of sp³-hybridized carbons (Fsp3) is 0.370. The Kier molecular flexibility index (Phi) is 7.77. The maximum absolute atomic E-state index is 13.2. The number of unbranched alkanes of at least 4 members (excludes halogenated alkanes) is 3. The minimum atomic E-state index is -0.963. The number of carbonyl (C=O) groups is 5. The molecule has 4 rings (SSSR count). The number of hydrogen-bond donors (Lipinski definition) is 2. The van der Waals surface area contributed by atoms with Gasteiger partial charge in [0.15, 0.2) is 0 Å². The Morgan fingerprint density at radius 3 is 2.36 bits per heavy atom. The molecular formula is C27H30N4O5. The molecule has 1 atom stereocenters. The van der Waals surface area contributed by atoms with E-state index < -0.39 is 23.8 Å². The molecule has 1 saturated heterocycles. The van der Waals surface area contributed by atoms with Crippen LogP contribution in [0, 0.1) is 0 Å². The summed E-state index contributed by atoms with van der Waals surface area (Å²) in [5.74, 6) is -1.92. The van der Waals surface area contributed by atoms with Crippen molar-refractivity contribution in [3.63, 3.8) is 0 Å². The zero-order valence-electron chi connectivity index (χ0n) is 20.3. The number of benzene rings is 2. The molecule has 2 heterocycles. The summed E-state index contributed by atoms with van der Waals surface area (Å²) >= 11 is 0. The van der Waals surface area contributed by atoms with Crippen LogP contribution in [-0.2, 0) is 9.59 Å². The third kappa shape index (κ3) is 5.15. The van der Waals surface area contributed by atoms with Crippen molar-refractivity contribution in [2.45, 2.75) is 44.6 Å². The Labute approximate surface area is 209 Å². The van der Waals surface area contributed by atoms with Gasteiger partial charge in [-0.05, 0) is 43.5 Å². The minimum Gasteiger partial charge on any atom is -0.384 e. The number of rotatable bonds is 10. The summed E-state index contributed by atoms with van der Waals surface area (Å²) in [5, 5.41) is 6.18. The highest BCUT2D eigenvalue weighted by Gasteiger charge is 2.47. The highest BCUT2D eigenvalue weighted by atomic mass is 16.2. The Balaban J connectivity index is 1.25. The lowest BCUT2D eigenvalue weighted by Gasteiger charge is -2.32. The first kappa shape index (κ1) is 25.1. The first-order chi connectivity index (χ1) is 17.4. The largest absolute Gasteiger partial charge is 0.384 e. The van der Waals surface area contributed by atoms with Crippen LogP contribution in [0.4, 0.5) is 5.69 Å². The quantitative estimate of drug-likeness (QED) is 0.391. The molecule has 9 heteroatoms. The van der Waals surface area contributed by atoms with Crippen molar-refractivity contribution >= 4 is 35.2 Å². The van der Waals surface area contributed by atoms with E-state index in [-0.39, 0.29) is 35.8 Å². The lowest BCUT2D eigenvalue weighted by Crippen LogP contribution is -2.54. The Hall–Kier alpha value is -4.01. The van der Waals surface area contributed by atoms with Gasteiger partial charge in [0.05, 0.1) is 11.1 Å². The van der Waals surface area contributed by atoms with E-state index in [0.717, 1.165) is 35.5 Å². The van der Waals surface area contributed by atoms with Gasteiger partial charge in [0, 0.05) is 37.8 Å². The molecule has 9 nitrogen and oxygen atoms in total. The molecule has 0 spiro atoms. The second-order valence-corrected chi connectivity index (χ2v) is 9.02. The van der Waals surface area contributed by atoms with Crippen molar-refractivity contribution in [1.29, 1.82) is 0 Å². The predicted molar refractivity (Wildman–Crippen MR) is 133 cm³/mol. The van der Waals surface area contributed by atoms with Crippen LogP contribution in [-0.4, -0.2) is 65.5 Å². The molecule has 0 saturated carbocycles. The number of anilines is 1. The molecule has 2 aromatic rings. The van der Waals surface area contributed by atoms with Gasteiger partial charge >= 0.3 is 0 Å². The fourth-order valence-corrected chi connectivity index (χ4v) is 4.59. The second kappa shape index (κ2) is 11.2. The van der Waals surface area contributed by atoms with Crippen molar-refractivity contribution < 1.29 is 24.0 Å². The van der Waals surface area contributed by atoms with E-state index in [1.54, 1.807) is 30.3 Å². The highest BCUT2D eigenvalue weighted by Crippen LogP contribution is 2.33. The average Bonchev–Trinajstić information content (AvgIpc) is 3.15. The van der Waals surface area contributed by atoms with Gasteiger partial charge < -0.3 is 10.6 Å². The summed E-state index contributed by atoms with van der Waals surface area (Å²) in [7, 11) is 1.37. The topological polar surface area (TPSA) is 116 Å². The van der Waals surface area contributed by atoms with Crippen molar-refractivity contribution in [2.24, 2.45) is 0 Å². The third-order valence-corrected chi connectivity index (χ3v) is 6.62. The van der Waals surface area contributed by atoms with Crippen LogP contribution in [0.25, 0.3) is 0 Å². The average molecular weight is 491 g/mol. The SMILES string of the molecule is CN1C(=O)CCC(N2C(=O)c3cccc(NCCCCCCNC(=O)c4ccccc4)c3C2=O)C1=O. The van der Waals surface area contributed by atoms with Crippen molar-refractivity contribution in [3.05, 3.63) is 65.2 Å². The molecule has 0 aromatic heterocycles. The molecule has 2 aliphatic heterocycles. The zero-order chi connectivity index (χ0) is 25.7. The molecular weight excluding hydrogens is 460 g/mol. The fourth-order valence-electron chi connectivity index (χ4n) is 4.59. The van der Waals surface area contributed by atoms with Crippen molar-refractivity contribution in [1.82, 2.24) is 15.1 Å². The Morgan fingerprint density at radius 2 is 1.61 bits per heavy atom. The highest BCUT2D eigenvalue weighted by molar-refractivity contribution is 6.25. The van der Waals surface area contributed by atoms with Crippen LogP contribution in [0.2, 0.25) is 0 Å². The molecule has 188 valence electrons. The molecule has 36 heavy (non-hydrogen) atoms. The number of likely N-dealkylation sites (N-methyl/N-ethyl adjacent to an activating group) is 1. The summed E-state index contributed by atoms with van der Waals surface area (Å²) in [5.41, 5.74) is 1.76. The molecule has 1 fully saturated rings. The van der Waals surface area contributed by atoms with E-state index >= 15 is 0 Å². The van der Waals surface area contributed by atoms with E-state index in [4.69, 9.17) is 0 Å². The van der Waals surface area contributed by atoms with Crippen LogP contribution in [0.3, 0.4) is 0 Å². The standard InChI is InChI=1S/C27H30N4O5/c1-30-22(32)15-14-21(26(30)35)31-25(34)19-12-9-13-20(23(19)27(31)36)28-16-7-2-3-8-17-29-24(33)18-10-5-4-6-11-18/h4-6,9-13,21,28H,2-3,7-8,14-17H2,1H3,(H,29,33). The number of nitrogens with zero attached hydrogens (tertiary/aromatic N) is 2. The monoisotopic (exact) mass is 490 g/mol. The number of piperidine rings is 1. The molecule has 0 aliphatic carbocycles. The molecule has 5 amide bonds. The lowest BCUT2D eigenvalue weighted by atomic mass is 10.0. The van der Waals surface area contributed by atoms with E-state index in [1.807, 2.05) is 18.2 Å². The number of fused-ring (bicyclic) bond motifs is 1. The van der Waals surface area contributed by atoms with E-state index in [2.05, 4.69) is 10.6 Å². The number of nitrogens with one attached hydrogen (secondary N) is 2.